The molecule has 4 nitrogen and oxygen atoms in total. The monoisotopic (exact) mass is 200 g/mol. The van der Waals surface area contributed by atoms with E-state index in [4.69, 9.17) is 10.5 Å². The average Bonchev–Trinajstić information content (AvgIpc) is 1.78. The number of ether oxygens (including phenoxy) is 1. The first kappa shape index (κ1) is 13.1. The van der Waals surface area contributed by atoms with Gasteiger partial charge in [-0.1, -0.05) is 6.58 Å². The molecule has 4 heteroatoms. The van der Waals surface area contributed by atoms with Crippen molar-refractivity contribution in [1.82, 2.24) is 5.32 Å². The fraction of sp³-hybridized carbons (Fsp3) is 0.700. The lowest BCUT2D eigenvalue weighted by molar-refractivity contribution is -0.156. The van der Waals surface area contributed by atoms with E-state index < -0.39 is 17.4 Å². The SMILES string of the molecule is C=C(C)C(=O)OC(C)(C)NC(C)(C)N. The first-order chi connectivity index (χ1) is 6.03. The lowest BCUT2D eigenvalue weighted by Gasteiger charge is -2.34. The third-order valence-electron chi connectivity index (χ3n) is 1.32. The lowest BCUT2D eigenvalue weighted by atomic mass is 10.2. The molecule has 0 aromatic heterocycles. The highest BCUT2D eigenvalue weighted by Gasteiger charge is 2.28. The lowest BCUT2D eigenvalue weighted by Crippen LogP contribution is -2.58. The molecule has 0 aromatic rings. The highest BCUT2D eigenvalue weighted by atomic mass is 16.6. The van der Waals surface area contributed by atoms with Crippen LogP contribution < -0.4 is 11.1 Å². The van der Waals surface area contributed by atoms with Crippen molar-refractivity contribution < 1.29 is 9.53 Å². The Morgan fingerprint density at radius 2 is 1.79 bits per heavy atom. The third-order valence-corrected chi connectivity index (χ3v) is 1.32. The topological polar surface area (TPSA) is 64.3 Å². The number of rotatable bonds is 4. The molecule has 0 radical (unpaired) electrons. The van der Waals surface area contributed by atoms with E-state index in [0.29, 0.717) is 5.57 Å². The molecule has 0 spiro atoms. The van der Waals surface area contributed by atoms with E-state index >= 15 is 0 Å². The summed E-state index contributed by atoms with van der Waals surface area (Å²) in [6, 6.07) is 0. The van der Waals surface area contributed by atoms with Crippen molar-refractivity contribution in [2.24, 2.45) is 5.73 Å². The zero-order valence-corrected chi connectivity index (χ0v) is 9.60. The van der Waals surface area contributed by atoms with Gasteiger partial charge in [0.2, 0.25) is 0 Å². The van der Waals surface area contributed by atoms with Gasteiger partial charge in [-0.15, -0.1) is 0 Å². The molecule has 0 atom stereocenters. The number of nitrogens with one attached hydrogen (secondary N) is 1. The van der Waals surface area contributed by atoms with Gasteiger partial charge in [-0.05, 0) is 34.6 Å². The Bertz CT molecular complexity index is 239. The summed E-state index contributed by atoms with van der Waals surface area (Å²) in [5, 5.41) is 2.97. The predicted octanol–water partition coefficient (Wildman–Crippen LogP) is 1.13. The van der Waals surface area contributed by atoms with Crippen molar-refractivity contribution in [3.05, 3.63) is 12.2 Å². The molecule has 0 unspecified atom stereocenters. The van der Waals surface area contributed by atoms with Gasteiger partial charge < -0.3 is 10.5 Å². The van der Waals surface area contributed by atoms with Crippen LogP contribution in [0.1, 0.15) is 34.6 Å². The van der Waals surface area contributed by atoms with Gasteiger partial charge in [-0.3, -0.25) is 5.32 Å². The molecule has 0 heterocycles. The van der Waals surface area contributed by atoms with Crippen LogP contribution in [0.2, 0.25) is 0 Å². The standard InChI is InChI=1S/C10H20N2O2/c1-7(2)8(13)14-10(5,6)12-9(3,4)11/h12H,1,11H2,2-6H3. The molecule has 0 saturated heterocycles. The molecule has 0 fully saturated rings. The maximum atomic E-state index is 11.2. The summed E-state index contributed by atoms with van der Waals surface area (Å²) in [5.41, 5.74) is 4.72. The van der Waals surface area contributed by atoms with Crippen LogP contribution in [-0.4, -0.2) is 17.4 Å². The quantitative estimate of drug-likeness (QED) is 0.405. The molecule has 3 N–H and O–H groups in total. The van der Waals surface area contributed by atoms with Crippen molar-refractivity contribution in [3.8, 4) is 0 Å². The normalized spacial score (nSPS) is 12.4. The number of hydrogen-bond donors (Lipinski definition) is 2. The second kappa shape index (κ2) is 4.11. The fourth-order valence-corrected chi connectivity index (χ4v) is 1.12. The van der Waals surface area contributed by atoms with E-state index in [1.165, 1.54) is 0 Å². The Morgan fingerprint density at radius 1 is 1.36 bits per heavy atom. The Labute approximate surface area is 85.5 Å². The Kier molecular flexibility index (Phi) is 3.85. The van der Waals surface area contributed by atoms with Gasteiger partial charge in [-0.2, -0.15) is 0 Å². The van der Waals surface area contributed by atoms with Gasteiger partial charge in [-0.25, -0.2) is 4.79 Å². The van der Waals surface area contributed by atoms with Gasteiger partial charge in [0.15, 0.2) is 5.72 Å². The Balaban J connectivity index is 4.35. The van der Waals surface area contributed by atoms with Crippen LogP contribution in [0.3, 0.4) is 0 Å². The molecule has 0 aliphatic heterocycles. The maximum Gasteiger partial charge on any atom is 0.334 e. The molecular weight excluding hydrogens is 180 g/mol. The molecule has 0 bridgehead atoms. The van der Waals surface area contributed by atoms with Gasteiger partial charge in [0.05, 0.1) is 5.66 Å². The molecule has 0 rings (SSSR count). The molecule has 0 saturated carbocycles. The van der Waals surface area contributed by atoms with Crippen LogP contribution in [0.15, 0.2) is 12.2 Å². The largest absolute Gasteiger partial charge is 0.441 e. The molecule has 0 aliphatic rings. The summed E-state index contributed by atoms with van der Waals surface area (Å²) in [4.78, 5) is 11.2. The van der Waals surface area contributed by atoms with Gasteiger partial charge in [0, 0.05) is 5.57 Å². The van der Waals surface area contributed by atoms with Crippen LogP contribution >= 0.6 is 0 Å². The minimum Gasteiger partial charge on any atom is -0.441 e. The zero-order valence-electron chi connectivity index (χ0n) is 9.60. The van der Waals surface area contributed by atoms with E-state index in [0.717, 1.165) is 0 Å². The van der Waals surface area contributed by atoms with Crippen molar-refractivity contribution in [2.45, 2.75) is 46.0 Å². The van der Waals surface area contributed by atoms with Crippen LogP contribution in [0.5, 0.6) is 0 Å². The van der Waals surface area contributed by atoms with E-state index in [2.05, 4.69) is 11.9 Å². The maximum absolute atomic E-state index is 11.2. The first-order valence-electron chi connectivity index (χ1n) is 4.50. The van der Waals surface area contributed by atoms with Gasteiger partial charge in [0.1, 0.15) is 0 Å². The Morgan fingerprint density at radius 3 is 2.07 bits per heavy atom. The summed E-state index contributed by atoms with van der Waals surface area (Å²) in [6.07, 6.45) is 0. The number of carbonyl (C=O) groups is 1. The third kappa shape index (κ3) is 5.72. The molecule has 0 aromatic carbocycles. The molecule has 14 heavy (non-hydrogen) atoms. The second-order valence-electron chi connectivity index (χ2n) is 4.53. The number of esters is 1. The van der Waals surface area contributed by atoms with Crippen LogP contribution in [0.25, 0.3) is 0 Å². The minimum atomic E-state index is -0.797. The zero-order chi connectivity index (χ0) is 11.6. The summed E-state index contributed by atoms with van der Waals surface area (Å²) >= 11 is 0. The van der Waals surface area contributed by atoms with E-state index in [1.54, 1.807) is 34.6 Å². The second-order valence-corrected chi connectivity index (χ2v) is 4.53. The molecular formula is C10H20N2O2. The summed E-state index contributed by atoms with van der Waals surface area (Å²) in [6.45, 7) is 12.2. The molecule has 82 valence electrons. The summed E-state index contributed by atoms with van der Waals surface area (Å²) in [5.74, 6) is -0.424. The van der Waals surface area contributed by atoms with Crippen LogP contribution in [-0.2, 0) is 9.53 Å². The van der Waals surface area contributed by atoms with Crippen LogP contribution in [0.4, 0.5) is 0 Å². The van der Waals surface area contributed by atoms with E-state index in [1.807, 2.05) is 0 Å². The Hall–Kier alpha value is -0.870. The average molecular weight is 200 g/mol. The first-order valence-corrected chi connectivity index (χ1v) is 4.50. The van der Waals surface area contributed by atoms with Crippen molar-refractivity contribution in [1.29, 1.82) is 0 Å². The predicted molar refractivity (Wildman–Crippen MR) is 56.4 cm³/mol. The highest BCUT2D eigenvalue weighted by molar-refractivity contribution is 5.87. The van der Waals surface area contributed by atoms with Crippen molar-refractivity contribution in [3.63, 3.8) is 0 Å². The van der Waals surface area contributed by atoms with Gasteiger partial charge in [0.25, 0.3) is 0 Å². The highest BCUT2D eigenvalue weighted by Crippen LogP contribution is 2.11. The van der Waals surface area contributed by atoms with E-state index in [9.17, 15) is 4.79 Å². The number of carbonyl (C=O) groups excluding carboxylic acids is 1. The van der Waals surface area contributed by atoms with Crippen LogP contribution in [0, 0.1) is 0 Å². The minimum absolute atomic E-state index is 0.370. The summed E-state index contributed by atoms with van der Waals surface area (Å²) < 4.78 is 5.15. The van der Waals surface area contributed by atoms with E-state index in [-0.39, 0.29) is 0 Å². The molecule has 0 aliphatic carbocycles. The smallest absolute Gasteiger partial charge is 0.334 e. The van der Waals surface area contributed by atoms with Crippen molar-refractivity contribution in [2.75, 3.05) is 0 Å². The number of nitrogens with two attached hydrogens (primary N) is 1. The van der Waals surface area contributed by atoms with Gasteiger partial charge >= 0.3 is 5.97 Å². The number of hydrogen-bond acceptors (Lipinski definition) is 4. The summed E-state index contributed by atoms with van der Waals surface area (Å²) in [7, 11) is 0. The van der Waals surface area contributed by atoms with Crippen molar-refractivity contribution >= 4 is 5.97 Å². The molecule has 0 amide bonds. The fourth-order valence-electron chi connectivity index (χ4n) is 1.12.